The lowest BCUT2D eigenvalue weighted by Crippen LogP contribution is -2.41. The molecule has 0 saturated carbocycles. The molecule has 0 bridgehead atoms. The first kappa shape index (κ1) is 19.2. The fourth-order valence-electron chi connectivity index (χ4n) is 2.44. The summed E-state index contributed by atoms with van der Waals surface area (Å²) in [4.78, 5) is 24.2. The minimum atomic E-state index is -1.64. The van der Waals surface area contributed by atoms with Gasteiger partial charge < -0.3 is 14.2 Å². The van der Waals surface area contributed by atoms with Crippen molar-refractivity contribution in [2.24, 2.45) is 0 Å². The lowest BCUT2D eigenvalue weighted by atomic mass is 9.86. The van der Waals surface area contributed by atoms with E-state index in [4.69, 9.17) is 32.7 Å². The Labute approximate surface area is 155 Å². The quantitative estimate of drug-likeness (QED) is 0.714. The normalized spacial score (nSPS) is 13.0. The molecular formula is C18H16Cl2O5. The Kier molecular flexibility index (Phi) is 6.42. The molecule has 0 N–H and O–H groups in total. The van der Waals surface area contributed by atoms with Gasteiger partial charge in [-0.1, -0.05) is 53.5 Å². The molecule has 0 fully saturated rings. The monoisotopic (exact) mass is 382 g/mol. The Hall–Kier alpha value is -2.08. The molecule has 132 valence electrons. The van der Waals surface area contributed by atoms with E-state index in [9.17, 15) is 9.59 Å². The summed E-state index contributed by atoms with van der Waals surface area (Å²) < 4.78 is 15.2. The molecule has 2 aromatic rings. The molecule has 0 aliphatic rings. The van der Waals surface area contributed by atoms with Gasteiger partial charge in [-0.05, 0) is 23.8 Å². The molecule has 0 spiro atoms. The standard InChI is InChI=1S/C18H16Cl2O5/c1-23-16(21)11-25-17(22)18(24-2,12-6-4-3-5-7-12)13-8-14(19)10-15(20)9-13/h3-10H,11H2,1-2H3. The number of carbonyl (C=O) groups excluding carboxylic acids is 2. The van der Waals surface area contributed by atoms with Crippen LogP contribution in [-0.4, -0.2) is 32.8 Å². The molecule has 7 heteroatoms. The van der Waals surface area contributed by atoms with Crippen LogP contribution >= 0.6 is 23.2 Å². The van der Waals surface area contributed by atoms with Gasteiger partial charge in [0.05, 0.1) is 7.11 Å². The lowest BCUT2D eigenvalue weighted by Gasteiger charge is -2.31. The number of hydrogen-bond donors (Lipinski definition) is 0. The molecule has 5 nitrogen and oxygen atoms in total. The number of carbonyl (C=O) groups is 2. The van der Waals surface area contributed by atoms with Crippen LogP contribution in [-0.2, 0) is 29.4 Å². The second kappa shape index (κ2) is 8.34. The minimum Gasteiger partial charge on any atom is -0.466 e. The van der Waals surface area contributed by atoms with Crippen LogP contribution in [0, 0.1) is 0 Å². The van der Waals surface area contributed by atoms with Crippen molar-refractivity contribution in [3.63, 3.8) is 0 Å². The Morgan fingerprint density at radius 2 is 1.56 bits per heavy atom. The van der Waals surface area contributed by atoms with Gasteiger partial charge in [0, 0.05) is 22.7 Å². The van der Waals surface area contributed by atoms with E-state index in [0.29, 0.717) is 21.2 Å². The number of esters is 2. The molecule has 2 aromatic carbocycles. The lowest BCUT2D eigenvalue weighted by molar-refractivity contribution is -0.171. The summed E-state index contributed by atoms with van der Waals surface area (Å²) in [6.07, 6.45) is 0. The minimum absolute atomic E-state index is 0.334. The third-order valence-corrected chi connectivity index (χ3v) is 4.03. The van der Waals surface area contributed by atoms with Crippen molar-refractivity contribution in [3.05, 3.63) is 69.7 Å². The number of halogens is 2. The van der Waals surface area contributed by atoms with Crippen LogP contribution in [0.2, 0.25) is 10.0 Å². The van der Waals surface area contributed by atoms with E-state index in [2.05, 4.69) is 4.74 Å². The number of ether oxygens (including phenoxy) is 3. The Morgan fingerprint density at radius 1 is 0.960 bits per heavy atom. The highest BCUT2D eigenvalue weighted by molar-refractivity contribution is 6.34. The zero-order chi connectivity index (χ0) is 18.4. The molecule has 0 aliphatic carbocycles. The van der Waals surface area contributed by atoms with Gasteiger partial charge in [-0.15, -0.1) is 0 Å². The summed E-state index contributed by atoms with van der Waals surface area (Å²) in [7, 11) is 2.56. The highest BCUT2D eigenvalue weighted by Crippen LogP contribution is 2.37. The van der Waals surface area contributed by atoms with Gasteiger partial charge in [0.25, 0.3) is 0 Å². The summed E-state index contributed by atoms with van der Waals surface area (Å²) >= 11 is 12.2. The van der Waals surface area contributed by atoms with E-state index in [0.717, 1.165) is 0 Å². The summed E-state index contributed by atoms with van der Waals surface area (Å²) in [6, 6.07) is 13.4. The van der Waals surface area contributed by atoms with Crippen LogP contribution in [0.3, 0.4) is 0 Å². The average Bonchev–Trinajstić information content (AvgIpc) is 2.61. The molecule has 1 atom stereocenters. The zero-order valence-corrected chi connectivity index (χ0v) is 15.1. The molecule has 0 saturated heterocycles. The Balaban J connectivity index is 2.57. The second-order valence-corrected chi connectivity index (χ2v) is 5.93. The van der Waals surface area contributed by atoms with E-state index < -0.39 is 24.1 Å². The van der Waals surface area contributed by atoms with Crippen LogP contribution < -0.4 is 0 Å². The van der Waals surface area contributed by atoms with Crippen molar-refractivity contribution >= 4 is 35.1 Å². The van der Waals surface area contributed by atoms with Gasteiger partial charge >= 0.3 is 11.9 Å². The number of rotatable bonds is 6. The van der Waals surface area contributed by atoms with E-state index in [1.165, 1.54) is 20.3 Å². The highest BCUT2D eigenvalue weighted by Gasteiger charge is 2.45. The third kappa shape index (κ3) is 4.12. The van der Waals surface area contributed by atoms with Gasteiger partial charge in [-0.3, -0.25) is 0 Å². The van der Waals surface area contributed by atoms with Gasteiger partial charge in [0.15, 0.2) is 6.61 Å². The van der Waals surface area contributed by atoms with Crippen LogP contribution in [0.5, 0.6) is 0 Å². The smallest absolute Gasteiger partial charge is 0.348 e. The van der Waals surface area contributed by atoms with Crippen molar-refractivity contribution in [2.75, 3.05) is 20.8 Å². The predicted molar refractivity (Wildman–Crippen MR) is 93.7 cm³/mol. The molecule has 0 aromatic heterocycles. The number of benzene rings is 2. The van der Waals surface area contributed by atoms with E-state index in [1.54, 1.807) is 42.5 Å². The fourth-order valence-corrected chi connectivity index (χ4v) is 2.96. The molecule has 2 rings (SSSR count). The molecule has 25 heavy (non-hydrogen) atoms. The maximum Gasteiger partial charge on any atom is 0.348 e. The zero-order valence-electron chi connectivity index (χ0n) is 13.6. The van der Waals surface area contributed by atoms with Crippen LogP contribution in [0.4, 0.5) is 0 Å². The third-order valence-electron chi connectivity index (χ3n) is 3.59. The first-order valence-corrected chi connectivity index (χ1v) is 8.01. The fraction of sp³-hybridized carbons (Fsp3) is 0.222. The average molecular weight is 383 g/mol. The molecule has 1 unspecified atom stereocenters. The van der Waals surface area contributed by atoms with Gasteiger partial charge in [0.2, 0.25) is 5.60 Å². The molecule has 0 aliphatic heterocycles. The summed E-state index contributed by atoms with van der Waals surface area (Å²) in [5.41, 5.74) is -0.747. The van der Waals surface area contributed by atoms with Crippen molar-refractivity contribution in [3.8, 4) is 0 Å². The SMILES string of the molecule is COC(=O)COC(=O)C(OC)(c1ccccc1)c1cc(Cl)cc(Cl)c1. The van der Waals surface area contributed by atoms with Crippen LogP contribution in [0.15, 0.2) is 48.5 Å². The Bertz CT molecular complexity index is 743. The molecule has 0 radical (unpaired) electrons. The van der Waals surface area contributed by atoms with Crippen molar-refractivity contribution in [1.29, 1.82) is 0 Å². The van der Waals surface area contributed by atoms with Crippen molar-refractivity contribution < 1.29 is 23.8 Å². The number of methoxy groups -OCH3 is 2. The molecular weight excluding hydrogens is 367 g/mol. The first-order chi connectivity index (χ1) is 11.9. The van der Waals surface area contributed by atoms with Crippen molar-refractivity contribution in [2.45, 2.75) is 5.60 Å². The van der Waals surface area contributed by atoms with Crippen molar-refractivity contribution in [1.82, 2.24) is 0 Å². The predicted octanol–water partition coefficient (Wildman–Crippen LogP) is 3.60. The maximum absolute atomic E-state index is 12.9. The van der Waals surface area contributed by atoms with E-state index in [-0.39, 0.29) is 0 Å². The largest absolute Gasteiger partial charge is 0.466 e. The van der Waals surface area contributed by atoms with Crippen LogP contribution in [0.1, 0.15) is 11.1 Å². The summed E-state index contributed by atoms with van der Waals surface area (Å²) in [5, 5.41) is 0.668. The molecule has 0 heterocycles. The summed E-state index contributed by atoms with van der Waals surface area (Å²) in [5.74, 6) is -1.47. The second-order valence-electron chi connectivity index (χ2n) is 5.06. The Morgan fingerprint density at radius 3 is 2.08 bits per heavy atom. The van der Waals surface area contributed by atoms with Crippen LogP contribution in [0.25, 0.3) is 0 Å². The van der Waals surface area contributed by atoms with Gasteiger partial charge in [-0.2, -0.15) is 0 Å². The highest BCUT2D eigenvalue weighted by atomic mass is 35.5. The van der Waals surface area contributed by atoms with Gasteiger partial charge in [-0.25, -0.2) is 9.59 Å². The summed E-state index contributed by atoms with van der Waals surface area (Å²) in [6.45, 7) is -0.540. The topological polar surface area (TPSA) is 61.8 Å². The molecule has 0 amide bonds. The first-order valence-electron chi connectivity index (χ1n) is 7.25. The maximum atomic E-state index is 12.9. The number of hydrogen-bond acceptors (Lipinski definition) is 5. The van der Waals surface area contributed by atoms with E-state index >= 15 is 0 Å². The van der Waals surface area contributed by atoms with E-state index in [1.807, 2.05) is 0 Å². The van der Waals surface area contributed by atoms with Gasteiger partial charge in [0.1, 0.15) is 0 Å².